The highest BCUT2D eigenvalue weighted by atomic mass is 19.1. The van der Waals surface area contributed by atoms with Crippen LogP contribution >= 0.6 is 0 Å². The summed E-state index contributed by atoms with van der Waals surface area (Å²) in [6, 6.07) is 3.75. The maximum atomic E-state index is 14.6. The molecular weight excluding hydrogens is 265 g/mol. The van der Waals surface area contributed by atoms with Crippen molar-refractivity contribution in [2.45, 2.75) is 59.6 Å². The smallest absolute Gasteiger partial charge is 0.133 e. The fraction of sp³-hybridized carbons (Fsp3) is 0.556. The van der Waals surface area contributed by atoms with Gasteiger partial charge >= 0.3 is 0 Å². The van der Waals surface area contributed by atoms with Crippen LogP contribution in [0.4, 0.5) is 4.39 Å². The lowest BCUT2D eigenvalue weighted by Gasteiger charge is -2.17. The standard InChI is InChI=1S/C18H26FNO/c1-6-8-21-12-20-11-14(18(3,4)5)17-15(19)9-13(7-2)10-16(17)20/h9-11H,6-8,12H2,1-5H3. The summed E-state index contributed by atoms with van der Waals surface area (Å²) in [6.07, 6.45) is 3.86. The molecule has 0 aliphatic heterocycles. The van der Waals surface area contributed by atoms with Crippen molar-refractivity contribution in [2.75, 3.05) is 6.61 Å². The van der Waals surface area contributed by atoms with Crippen molar-refractivity contribution in [3.05, 3.63) is 35.3 Å². The predicted octanol–water partition coefficient (Wildman–Crippen LogP) is 5.02. The molecule has 0 unspecified atom stereocenters. The van der Waals surface area contributed by atoms with Crippen molar-refractivity contribution in [2.24, 2.45) is 0 Å². The van der Waals surface area contributed by atoms with Crippen LogP contribution in [0.15, 0.2) is 18.3 Å². The molecular formula is C18H26FNO. The van der Waals surface area contributed by atoms with Crippen molar-refractivity contribution >= 4 is 10.9 Å². The molecule has 1 aromatic heterocycles. The van der Waals surface area contributed by atoms with Gasteiger partial charge < -0.3 is 9.30 Å². The fourth-order valence-electron chi connectivity index (χ4n) is 2.62. The molecule has 0 spiro atoms. The second kappa shape index (κ2) is 6.18. The molecule has 0 amide bonds. The first kappa shape index (κ1) is 16.0. The van der Waals surface area contributed by atoms with E-state index in [4.69, 9.17) is 4.74 Å². The van der Waals surface area contributed by atoms with E-state index in [0.29, 0.717) is 6.73 Å². The van der Waals surface area contributed by atoms with Gasteiger partial charge in [-0.2, -0.15) is 0 Å². The van der Waals surface area contributed by atoms with E-state index in [1.54, 1.807) is 6.07 Å². The average molecular weight is 291 g/mol. The molecule has 2 nitrogen and oxygen atoms in total. The van der Waals surface area contributed by atoms with Crippen molar-refractivity contribution in [3.63, 3.8) is 0 Å². The van der Waals surface area contributed by atoms with Crippen LogP contribution in [0, 0.1) is 5.82 Å². The molecule has 2 rings (SSSR count). The molecule has 0 saturated carbocycles. The van der Waals surface area contributed by atoms with E-state index >= 15 is 0 Å². The highest BCUT2D eigenvalue weighted by Gasteiger charge is 2.23. The lowest BCUT2D eigenvalue weighted by molar-refractivity contribution is 0.0802. The Balaban J connectivity index is 2.59. The molecule has 0 atom stereocenters. The topological polar surface area (TPSA) is 14.2 Å². The molecule has 1 aromatic carbocycles. The Kier molecular flexibility index (Phi) is 4.72. The van der Waals surface area contributed by atoms with E-state index < -0.39 is 0 Å². The van der Waals surface area contributed by atoms with Crippen LogP contribution in [-0.4, -0.2) is 11.2 Å². The van der Waals surface area contributed by atoms with Gasteiger partial charge in [-0.15, -0.1) is 0 Å². The summed E-state index contributed by atoms with van der Waals surface area (Å²) < 4.78 is 22.3. The Hall–Kier alpha value is -1.35. The number of aromatic nitrogens is 1. The lowest BCUT2D eigenvalue weighted by atomic mass is 9.86. The van der Waals surface area contributed by atoms with Gasteiger partial charge in [-0.1, -0.05) is 34.6 Å². The number of ether oxygens (including phenoxy) is 1. The summed E-state index contributed by atoms with van der Waals surface area (Å²) in [7, 11) is 0. The van der Waals surface area contributed by atoms with E-state index in [1.165, 1.54) is 0 Å². The molecule has 21 heavy (non-hydrogen) atoms. The molecule has 116 valence electrons. The number of hydrogen-bond acceptors (Lipinski definition) is 1. The zero-order valence-electron chi connectivity index (χ0n) is 13.8. The Bertz CT molecular complexity index is 622. The number of rotatable bonds is 5. The Labute approximate surface area is 126 Å². The van der Waals surface area contributed by atoms with Gasteiger partial charge in [-0.25, -0.2) is 4.39 Å². The first-order valence-corrected chi connectivity index (χ1v) is 7.78. The molecule has 3 heteroatoms. The minimum Gasteiger partial charge on any atom is -0.361 e. The lowest BCUT2D eigenvalue weighted by Crippen LogP contribution is -2.11. The van der Waals surface area contributed by atoms with E-state index in [2.05, 4.69) is 33.8 Å². The van der Waals surface area contributed by atoms with Gasteiger partial charge in [0.2, 0.25) is 0 Å². The molecule has 0 radical (unpaired) electrons. The number of aryl methyl sites for hydroxylation is 1. The number of fused-ring (bicyclic) bond motifs is 1. The first-order valence-electron chi connectivity index (χ1n) is 7.78. The maximum absolute atomic E-state index is 14.6. The van der Waals surface area contributed by atoms with Crippen LogP contribution in [-0.2, 0) is 23.3 Å². The van der Waals surface area contributed by atoms with Crippen LogP contribution in [0.25, 0.3) is 10.9 Å². The second-order valence-electron chi connectivity index (χ2n) is 6.63. The minimum atomic E-state index is -0.122. The van der Waals surface area contributed by atoms with Gasteiger partial charge in [0.1, 0.15) is 12.5 Å². The third kappa shape index (κ3) is 3.29. The Morgan fingerprint density at radius 2 is 1.90 bits per heavy atom. The van der Waals surface area contributed by atoms with Gasteiger partial charge in [0.15, 0.2) is 0 Å². The molecule has 0 bridgehead atoms. The largest absolute Gasteiger partial charge is 0.361 e. The molecule has 0 aliphatic rings. The summed E-state index contributed by atoms with van der Waals surface area (Å²) in [6.45, 7) is 11.7. The Morgan fingerprint density at radius 1 is 1.19 bits per heavy atom. The molecule has 0 N–H and O–H groups in total. The maximum Gasteiger partial charge on any atom is 0.133 e. The molecule has 0 saturated heterocycles. The molecule has 0 fully saturated rings. The van der Waals surface area contributed by atoms with Gasteiger partial charge in [-0.05, 0) is 41.5 Å². The number of hydrogen-bond donors (Lipinski definition) is 0. The van der Waals surface area contributed by atoms with E-state index in [9.17, 15) is 4.39 Å². The van der Waals surface area contributed by atoms with E-state index in [0.717, 1.165) is 41.5 Å². The van der Waals surface area contributed by atoms with Crippen LogP contribution in [0.2, 0.25) is 0 Å². The summed E-state index contributed by atoms with van der Waals surface area (Å²) in [5, 5.41) is 0.736. The third-order valence-corrected chi connectivity index (χ3v) is 3.79. The van der Waals surface area contributed by atoms with Crippen LogP contribution in [0.5, 0.6) is 0 Å². The quantitative estimate of drug-likeness (QED) is 0.705. The number of nitrogens with zero attached hydrogens (tertiary/aromatic N) is 1. The zero-order chi connectivity index (χ0) is 15.6. The monoisotopic (exact) mass is 291 g/mol. The Morgan fingerprint density at radius 3 is 2.48 bits per heavy atom. The van der Waals surface area contributed by atoms with Gasteiger partial charge in [0.05, 0.1) is 5.52 Å². The second-order valence-corrected chi connectivity index (χ2v) is 6.63. The normalized spacial score (nSPS) is 12.3. The molecule has 0 aliphatic carbocycles. The summed E-state index contributed by atoms with van der Waals surface area (Å²) >= 11 is 0. The first-order chi connectivity index (χ1) is 9.88. The third-order valence-electron chi connectivity index (χ3n) is 3.79. The van der Waals surface area contributed by atoms with Crippen molar-refractivity contribution in [1.29, 1.82) is 0 Å². The van der Waals surface area contributed by atoms with Crippen LogP contribution < -0.4 is 0 Å². The SMILES string of the molecule is CCCOCn1cc(C(C)(C)C)c2c(F)cc(CC)cc21. The van der Waals surface area contributed by atoms with Gasteiger partial charge in [0, 0.05) is 18.2 Å². The molecule has 1 heterocycles. The van der Waals surface area contributed by atoms with E-state index in [1.807, 2.05) is 17.7 Å². The van der Waals surface area contributed by atoms with Crippen LogP contribution in [0.1, 0.15) is 52.2 Å². The van der Waals surface area contributed by atoms with E-state index in [-0.39, 0.29) is 11.2 Å². The zero-order valence-corrected chi connectivity index (χ0v) is 13.8. The highest BCUT2D eigenvalue weighted by molar-refractivity contribution is 5.86. The van der Waals surface area contributed by atoms with Gasteiger partial charge in [-0.3, -0.25) is 0 Å². The minimum absolute atomic E-state index is 0.0944. The van der Waals surface area contributed by atoms with Crippen molar-refractivity contribution in [1.82, 2.24) is 4.57 Å². The number of halogens is 1. The average Bonchev–Trinajstić information content (AvgIpc) is 2.78. The fourth-order valence-corrected chi connectivity index (χ4v) is 2.62. The summed E-state index contributed by atoms with van der Waals surface area (Å²) in [5.41, 5.74) is 2.91. The van der Waals surface area contributed by atoms with Crippen molar-refractivity contribution < 1.29 is 9.13 Å². The van der Waals surface area contributed by atoms with Crippen LogP contribution in [0.3, 0.4) is 0 Å². The van der Waals surface area contributed by atoms with Gasteiger partial charge in [0.25, 0.3) is 0 Å². The summed E-state index contributed by atoms with van der Waals surface area (Å²) in [4.78, 5) is 0. The predicted molar refractivity (Wildman–Crippen MR) is 86.2 cm³/mol. The van der Waals surface area contributed by atoms with Crippen molar-refractivity contribution in [3.8, 4) is 0 Å². The molecule has 2 aromatic rings. The number of benzene rings is 1. The summed E-state index contributed by atoms with van der Waals surface area (Å²) in [5.74, 6) is -0.122. The highest BCUT2D eigenvalue weighted by Crippen LogP contribution is 2.34.